The summed E-state index contributed by atoms with van der Waals surface area (Å²) in [6.07, 6.45) is 0.950. The van der Waals surface area contributed by atoms with Gasteiger partial charge in [-0.3, -0.25) is 13.9 Å². The molecular formula is C29H32Cl2FN3O5S. The third kappa shape index (κ3) is 8.12. The van der Waals surface area contributed by atoms with Gasteiger partial charge < -0.3 is 15.0 Å². The van der Waals surface area contributed by atoms with Crippen LogP contribution in [0.25, 0.3) is 0 Å². The number of halogens is 3. The molecule has 1 unspecified atom stereocenters. The van der Waals surface area contributed by atoms with Gasteiger partial charge in [0, 0.05) is 23.1 Å². The molecule has 0 saturated carbocycles. The highest BCUT2D eigenvalue weighted by atomic mass is 35.5. The van der Waals surface area contributed by atoms with Crippen LogP contribution in [0.2, 0.25) is 10.0 Å². The maximum absolute atomic E-state index is 14.0. The summed E-state index contributed by atoms with van der Waals surface area (Å²) >= 11 is 12.5. The Morgan fingerprint density at radius 1 is 1.00 bits per heavy atom. The van der Waals surface area contributed by atoms with Crippen LogP contribution in [0, 0.1) is 5.82 Å². The van der Waals surface area contributed by atoms with Crippen molar-refractivity contribution in [2.24, 2.45) is 0 Å². The van der Waals surface area contributed by atoms with E-state index >= 15 is 0 Å². The molecule has 0 aliphatic carbocycles. The second-order valence-corrected chi connectivity index (χ2v) is 11.8. The highest BCUT2D eigenvalue weighted by Crippen LogP contribution is 2.28. The number of amides is 2. The van der Waals surface area contributed by atoms with Crippen molar-refractivity contribution < 1.29 is 27.1 Å². The van der Waals surface area contributed by atoms with E-state index in [0.29, 0.717) is 34.3 Å². The summed E-state index contributed by atoms with van der Waals surface area (Å²) in [4.78, 5) is 28.4. The van der Waals surface area contributed by atoms with Crippen molar-refractivity contribution in [3.8, 4) is 5.75 Å². The summed E-state index contributed by atoms with van der Waals surface area (Å²) in [6.45, 7) is 3.33. The molecule has 41 heavy (non-hydrogen) atoms. The van der Waals surface area contributed by atoms with E-state index in [0.717, 1.165) is 16.4 Å². The van der Waals surface area contributed by atoms with Gasteiger partial charge >= 0.3 is 0 Å². The number of benzene rings is 3. The lowest BCUT2D eigenvalue weighted by atomic mass is 10.1. The lowest BCUT2D eigenvalue weighted by Crippen LogP contribution is -2.52. The van der Waals surface area contributed by atoms with E-state index in [1.165, 1.54) is 54.5 Å². The van der Waals surface area contributed by atoms with Gasteiger partial charge in [-0.2, -0.15) is 0 Å². The minimum Gasteiger partial charge on any atom is -0.497 e. The van der Waals surface area contributed by atoms with Crippen LogP contribution < -0.4 is 14.4 Å². The van der Waals surface area contributed by atoms with Gasteiger partial charge in [0.05, 0.1) is 17.7 Å². The summed E-state index contributed by atoms with van der Waals surface area (Å²) in [6, 6.07) is 14.3. The molecule has 3 rings (SSSR count). The first-order valence-electron chi connectivity index (χ1n) is 12.9. The predicted molar refractivity (Wildman–Crippen MR) is 158 cm³/mol. The van der Waals surface area contributed by atoms with Crippen LogP contribution in [0.4, 0.5) is 10.1 Å². The standard InChI is InChI=1S/C29H32Cl2FN3O5S/c1-4-16-33-29(37)27(5-2)34(18-20-6-7-21(30)17-26(20)31)28(36)19-35(23-10-8-22(32)9-11-23)41(38,39)25-14-12-24(40-3)13-15-25/h6-15,17,27H,4-5,16,18-19H2,1-3H3,(H,33,37). The summed E-state index contributed by atoms with van der Waals surface area (Å²) in [5, 5.41) is 3.51. The molecule has 220 valence electrons. The Labute approximate surface area is 250 Å². The highest BCUT2D eigenvalue weighted by Gasteiger charge is 2.34. The van der Waals surface area contributed by atoms with E-state index in [1.807, 2.05) is 6.92 Å². The molecular weight excluding hydrogens is 592 g/mol. The van der Waals surface area contributed by atoms with Crippen LogP contribution in [0.3, 0.4) is 0 Å². The number of nitrogens with zero attached hydrogens (tertiary/aromatic N) is 2. The Hall–Kier alpha value is -3.34. The molecule has 0 radical (unpaired) electrons. The van der Waals surface area contributed by atoms with Crippen LogP contribution in [-0.2, 0) is 26.2 Å². The first-order chi connectivity index (χ1) is 19.5. The number of carbonyl (C=O) groups excluding carboxylic acids is 2. The zero-order valence-corrected chi connectivity index (χ0v) is 25.3. The summed E-state index contributed by atoms with van der Waals surface area (Å²) in [7, 11) is -2.86. The Morgan fingerprint density at radius 2 is 1.66 bits per heavy atom. The first kappa shape index (κ1) is 32.2. The fraction of sp³-hybridized carbons (Fsp3) is 0.310. The van der Waals surface area contributed by atoms with Gasteiger partial charge in [-0.25, -0.2) is 12.8 Å². The molecule has 3 aromatic rings. The van der Waals surface area contributed by atoms with Crippen molar-refractivity contribution in [2.45, 2.75) is 44.2 Å². The third-order valence-corrected chi connectivity index (χ3v) is 8.71. The molecule has 12 heteroatoms. The Bertz CT molecular complexity index is 1450. The topological polar surface area (TPSA) is 96.0 Å². The third-order valence-electron chi connectivity index (χ3n) is 6.33. The average molecular weight is 625 g/mol. The summed E-state index contributed by atoms with van der Waals surface area (Å²) in [5.74, 6) is -1.15. The van der Waals surface area contributed by atoms with E-state index in [-0.39, 0.29) is 29.5 Å². The lowest BCUT2D eigenvalue weighted by molar-refractivity contribution is -0.140. The molecule has 3 aromatic carbocycles. The number of hydrogen-bond donors (Lipinski definition) is 1. The van der Waals surface area contributed by atoms with Gasteiger partial charge in [0.15, 0.2) is 0 Å². The zero-order chi connectivity index (χ0) is 30.2. The van der Waals surface area contributed by atoms with Crippen molar-refractivity contribution in [1.29, 1.82) is 0 Å². The van der Waals surface area contributed by atoms with Crippen LogP contribution >= 0.6 is 23.2 Å². The number of carbonyl (C=O) groups is 2. The summed E-state index contributed by atoms with van der Waals surface area (Å²) in [5.41, 5.74) is 0.598. The van der Waals surface area contributed by atoms with E-state index in [4.69, 9.17) is 27.9 Å². The second kappa shape index (κ2) is 14.5. The minimum atomic E-state index is -4.31. The molecule has 0 bridgehead atoms. The van der Waals surface area contributed by atoms with Crippen molar-refractivity contribution in [3.63, 3.8) is 0 Å². The SMILES string of the molecule is CCCNC(=O)C(CC)N(Cc1ccc(Cl)cc1Cl)C(=O)CN(c1ccc(F)cc1)S(=O)(=O)c1ccc(OC)cc1. The summed E-state index contributed by atoms with van der Waals surface area (Å²) < 4.78 is 47.5. The van der Waals surface area contributed by atoms with Gasteiger partial charge in [0.2, 0.25) is 11.8 Å². The quantitative estimate of drug-likeness (QED) is 0.265. The molecule has 0 saturated heterocycles. The predicted octanol–water partition coefficient (Wildman–Crippen LogP) is 5.67. The minimum absolute atomic E-state index is 0.0727. The molecule has 0 aliphatic heterocycles. The molecule has 0 heterocycles. The lowest BCUT2D eigenvalue weighted by Gasteiger charge is -2.33. The molecule has 0 spiro atoms. The smallest absolute Gasteiger partial charge is 0.264 e. The zero-order valence-electron chi connectivity index (χ0n) is 22.9. The monoisotopic (exact) mass is 623 g/mol. The van der Waals surface area contributed by atoms with Gasteiger partial charge in [-0.15, -0.1) is 0 Å². The van der Waals surface area contributed by atoms with Crippen LogP contribution in [0.5, 0.6) is 5.75 Å². The van der Waals surface area contributed by atoms with Gasteiger partial charge in [-0.1, -0.05) is 43.1 Å². The van der Waals surface area contributed by atoms with Crippen molar-refractivity contribution in [3.05, 3.63) is 88.2 Å². The molecule has 8 nitrogen and oxygen atoms in total. The maximum Gasteiger partial charge on any atom is 0.264 e. The molecule has 1 atom stereocenters. The second-order valence-electron chi connectivity index (χ2n) is 9.14. The molecule has 0 aromatic heterocycles. The van der Waals surface area contributed by atoms with Gasteiger partial charge in [0.1, 0.15) is 24.2 Å². The first-order valence-corrected chi connectivity index (χ1v) is 15.1. The average Bonchev–Trinajstić information content (AvgIpc) is 2.96. The van der Waals surface area contributed by atoms with Crippen LogP contribution in [0.1, 0.15) is 32.3 Å². The number of rotatable bonds is 13. The number of hydrogen-bond acceptors (Lipinski definition) is 5. The Balaban J connectivity index is 2.07. The number of anilines is 1. The molecule has 2 amide bonds. The Morgan fingerprint density at radius 3 is 2.22 bits per heavy atom. The number of nitrogens with one attached hydrogen (secondary N) is 1. The fourth-order valence-electron chi connectivity index (χ4n) is 4.13. The number of ether oxygens (including phenoxy) is 1. The largest absolute Gasteiger partial charge is 0.497 e. The Kier molecular flexibility index (Phi) is 11.4. The van der Waals surface area contributed by atoms with Crippen LogP contribution in [0.15, 0.2) is 71.6 Å². The van der Waals surface area contributed by atoms with E-state index < -0.39 is 34.3 Å². The van der Waals surface area contributed by atoms with E-state index in [1.54, 1.807) is 19.1 Å². The molecule has 0 fully saturated rings. The van der Waals surface area contributed by atoms with Crippen molar-refractivity contribution in [2.75, 3.05) is 24.5 Å². The number of sulfonamides is 1. The van der Waals surface area contributed by atoms with E-state index in [9.17, 15) is 22.4 Å². The highest BCUT2D eigenvalue weighted by molar-refractivity contribution is 7.92. The van der Waals surface area contributed by atoms with Gasteiger partial charge in [-0.05, 0) is 79.1 Å². The molecule has 0 aliphatic rings. The normalized spacial score (nSPS) is 12.0. The van der Waals surface area contributed by atoms with E-state index in [2.05, 4.69) is 5.32 Å². The number of methoxy groups -OCH3 is 1. The fourth-order valence-corrected chi connectivity index (χ4v) is 6.01. The molecule has 1 N–H and O–H groups in total. The van der Waals surface area contributed by atoms with Crippen molar-refractivity contribution >= 4 is 50.7 Å². The maximum atomic E-state index is 14.0. The van der Waals surface area contributed by atoms with Crippen molar-refractivity contribution in [1.82, 2.24) is 10.2 Å². The van der Waals surface area contributed by atoms with Gasteiger partial charge in [0.25, 0.3) is 10.0 Å². The van der Waals surface area contributed by atoms with Crippen LogP contribution in [-0.4, -0.2) is 51.4 Å².